The minimum absolute atomic E-state index is 0.0110. The molecule has 4 nitrogen and oxygen atoms in total. The Morgan fingerprint density at radius 1 is 1.30 bits per heavy atom. The van der Waals surface area contributed by atoms with E-state index in [9.17, 15) is 4.79 Å². The number of carbonyl (C=O) groups is 1. The number of rotatable bonds is 2. The zero-order chi connectivity index (χ0) is 16.0. The zero-order valence-corrected chi connectivity index (χ0v) is 13.3. The topological polar surface area (TPSA) is 41.9 Å². The summed E-state index contributed by atoms with van der Waals surface area (Å²) in [6.07, 6.45) is 10.1. The molecule has 0 bridgehead atoms. The van der Waals surface area contributed by atoms with Gasteiger partial charge in [-0.3, -0.25) is 4.79 Å². The van der Waals surface area contributed by atoms with Crippen LogP contribution < -0.4 is 4.74 Å². The third kappa shape index (κ3) is 2.27. The molecule has 1 aliphatic heterocycles. The molecule has 1 fully saturated rings. The van der Waals surface area contributed by atoms with Crippen molar-refractivity contribution in [1.29, 1.82) is 0 Å². The highest BCUT2D eigenvalue weighted by atomic mass is 16.5. The molecule has 1 amide bonds. The maximum atomic E-state index is 12.1. The van der Waals surface area contributed by atoms with Crippen LogP contribution in [0.1, 0.15) is 24.5 Å². The van der Waals surface area contributed by atoms with E-state index in [1.165, 1.54) is 5.56 Å². The van der Waals surface area contributed by atoms with Crippen LogP contribution in [0.4, 0.5) is 0 Å². The molecule has 0 aromatic heterocycles. The van der Waals surface area contributed by atoms with Gasteiger partial charge in [0.05, 0.1) is 18.9 Å². The number of hydrazone groups is 1. The average Bonchev–Trinajstić information content (AvgIpc) is 3.20. The summed E-state index contributed by atoms with van der Waals surface area (Å²) in [5.74, 6) is 2.31. The highest BCUT2D eigenvalue weighted by molar-refractivity contribution is 6.07. The molecule has 5 radical (unpaired) electrons. The van der Waals surface area contributed by atoms with Crippen molar-refractivity contribution in [2.45, 2.75) is 25.8 Å². The first kappa shape index (κ1) is 14.7. The van der Waals surface area contributed by atoms with Crippen LogP contribution in [0.5, 0.6) is 5.75 Å². The zero-order valence-electron chi connectivity index (χ0n) is 13.3. The van der Waals surface area contributed by atoms with Gasteiger partial charge in [-0.15, -0.1) is 0 Å². The first-order valence-corrected chi connectivity index (χ1v) is 7.97. The van der Waals surface area contributed by atoms with Gasteiger partial charge in [0, 0.05) is 29.9 Å². The lowest BCUT2D eigenvalue weighted by molar-refractivity contribution is -0.130. The van der Waals surface area contributed by atoms with E-state index in [0.29, 0.717) is 0 Å². The summed E-state index contributed by atoms with van der Waals surface area (Å²) in [4.78, 5) is 12.1. The first-order chi connectivity index (χ1) is 11.2. The van der Waals surface area contributed by atoms with Gasteiger partial charge in [-0.25, -0.2) is 5.01 Å². The van der Waals surface area contributed by atoms with Gasteiger partial charge in [-0.1, -0.05) is 12.1 Å². The van der Waals surface area contributed by atoms with Gasteiger partial charge in [-0.05, 0) is 44.6 Å². The summed E-state index contributed by atoms with van der Waals surface area (Å²) in [5, 5.41) is 6.37. The average molecular weight is 307 g/mol. The predicted octanol–water partition coefficient (Wildman–Crippen LogP) is 2.60. The number of methoxy groups -OCH3 is 1. The second-order valence-corrected chi connectivity index (χ2v) is 6.14. The van der Waals surface area contributed by atoms with Crippen LogP contribution in [-0.2, 0) is 11.2 Å². The van der Waals surface area contributed by atoms with E-state index in [0.717, 1.165) is 35.8 Å². The van der Waals surface area contributed by atoms with Gasteiger partial charge < -0.3 is 4.74 Å². The van der Waals surface area contributed by atoms with Crippen molar-refractivity contribution >= 4 is 11.6 Å². The summed E-state index contributed by atoms with van der Waals surface area (Å²) < 4.78 is 5.50. The molecule has 2 atom stereocenters. The molecule has 1 heterocycles. The molecule has 0 unspecified atom stereocenters. The predicted molar refractivity (Wildman–Crippen MR) is 88.1 cm³/mol. The van der Waals surface area contributed by atoms with E-state index < -0.39 is 0 Å². The molecule has 1 aromatic rings. The van der Waals surface area contributed by atoms with Crippen molar-refractivity contribution in [2.75, 3.05) is 7.11 Å². The fourth-order valence-electron chi connectivity index (χ4n) is 3.90. The van der Waals surface area contributed by atoms with E-state index in [4.69, 9.17) is 9.84 Å². The lowest BCUT2D eigenvalue weighted by Crippen LogP contribution is -2.41. The minimum Gasteiger partial charge on any atom is -0.496 e. The normalized spacial score (nSPS) is 26.7. The Morgan fingerprint density at radius 2 is 2.09 bits per heavy atom. The molecule has 4 rings (SSSR count). The van der Waals surface area contributed by atoms with Crippen molar-refractivity contribution in [1.82, 2.24) is 5.01 Å². The van der Waals surface area contributed by atoms with Gasteiger partial charge in [0.15, 0.2) is 0 Å². The molecular weight excluding hydrogens is 288 g/mol. The van der Waals surface area contributed by atoms with Crippen LogP contribution in [0.2, 0.25) is 0 Å². The van der Waals surface area contributed by atoms with Crippen molar-refractivity contribution in [2.24, 2.45) is 11.0 Å². The number of fused-ring (bicyclic) bond motifs is 3. The van der Waals surface area contributed by atoms with E-state index in [1.807, 2.05) is 25.0 Å². The van der Waals surface area contributed by atoms with Gasteiger partial charge in [0.2, 0.25) is 5.91 Å². The standard InChI is InChI=1S/C19H19N2O2/c1-12(22)21-19(13-6-3-4-7-13)16-11-10-14-15(18(16)20-21)8-5-9-17(14)23-2/h3-9,16,19H,10-11H2,1-2H3/t16-,19+/m0/s1. The summed E-state index contributed by atoms with van der Waals surface area (Å²) in [5.41, 5.74) is 3.35. The highest BCUT2D eigenvalue weighted by Crippen LogP contribution is 2.44. The molecule has 0 saturated heterocycles. The van der Waals surface area contributed by atoms with Crippen LogP contribution in [0, 0.1) is 37.5 Å². The van der Waals surface area contributed by atoms with Crippen LogP contribution in [0.3, 0.4) is 0 Å². The Labute approximate surface area is 137 Å². The molecule has 1 saturated carbocycles. The smallest absolute Gasteiger partial charge is 0.239 e. The Hall–Kier alpha value is -1.84. The number of amides is 1. The quantitative estimate of drug-likeness (QED) is 0.843. The maximum absolute atomic E-state index is 12.1. The monoisotopic (exact) mass is 307 g/mol. The van der Waals surface area contributed by atoms with E-state index >= 15 is 0 Å². The second-order valence-electron chi connectivity index (χ2n) is 6.14. The van der Waals surface area contributed by atoms with E-state index in [1.54, 1.807) is 19.0 Å². The molecule has 0 spiro atoms. The van der Waals surface area contributed by atoms with Crippen molar-refractivity contribution in [3.63, 3.8) is 0 Å². The largest absolute Gasteiger partial charge is 0.496 e. The van der Waals surface area contributed by atoms with E-state index in [-0.39, 0.29) is 17.9 Å². The molecule has 3 aliphatic rings. The Balaban J connectivity index is 1.76. The van der Waals surface area contributed by atoms with Crippen molar-refractivity contribution < 1.29 is 9.53 Å². The number of hydrogen-bond donors (Lipinski definition) is 0. The highest BCUT2D eigenvalue weighted by Gasteiger charge is 2.47. The lowest BCUT2D eigenvalue weighted by atomic mass is 9.75. The third-order valence-corrected chi connectivity index (χ3v) is 4.90. The summed E-state index contributed by atoms with van der Waals surface area (Å²) >= 11 is 0. The second kappa shape index (κ2) is 5.66. The summed E-state index contributed by atoms with van der Waals surface area (Å²) in [6.45, 7) is 1.59. The Morgan fingerprint density at radius 3 is 2.78 bits per heavy atom. The number of nitrogens with zero attached hydrogens (tertiary/aromatic N) is 2. The molecule has 0 N–H and O–H groups in total. The van der Waals surface area contributed by atoms with Crippen LogP contribution in [0.15, 0.2) is 23.3 Å². The minimum atomic E-state index is -0.0115. The number of benzene rings is 1. The molecule has 4 heteroatoms. The lowest BCUT2D eigenvalue weighted by Gasteiger charge is -2.32. The van der Waals surface area contributed by atoms with Crippen LogP contribution >= 0.6 is 0 Å². The molecular formula is C19H19N2O2. The summed E-state index contributed by atoms with van der Waals surface area (Å²) in [7, 11) is 1.70. The first-order valence-electron chi connectivity index (χ1n) is 7.97. The third-order valence-electron chi connectivity index (χ3n) is 4.90. The maximum Gasteiger partial charge on any atom is 0.239 e. The summed E-state index contributed by atoms with van der Waals surface area (Å²) in [6, 6.07) is 6.09. The van der Waals surface area contributed by atoms with Gasteiger partial charge >= 0.3 is 0 Å². The Bertz CT molecular complexity index is 661. The van der Waals surface area contributed by atoms with Crippen molar-refractivity contribution in [3.05, 3.63) is 60.9 Å². The number of ether oxygens (including phenoxy) is 1. The molecule has 117 valence electrons. The van der Waals surface area contributed by atoms with Gasteiger partial charge in [0.1, 0.15) is 5.75 Å². The van der Waals surface area contributed by atoms with Crippen LogP contribution in [0.25, 0.3) is 0 Å². The Kier molecular flexibility index (Phi) is 3.63. The molecule has 2 aliphatic carbocycles. The molecule has 23 heavy (non-hydrogen) atoms. The van der Waals surface area contributed by atoms with Crippen LogP contribution in [-0.4, -0.2) is 29.8 Å². The SMILES string of the molecule is COc1cccc2c1CC[C@H]1C2=NN(C(C)=O)[C@@H]1[C]1[CH][CH][CH][CH]1. The van der Waals surface area contributed by atoms with Crippen molar-refractivity contribution in [3.8, 4) is 5.75 Å². The van der Waals surface area contributed by atoms with Gasteiger partial charge in [-0.2, -0.15) is 5.10 Å². The fraction of sp³-hybridized carbons (Fsp3) is 0.316. The van der Waals surface area contributed by atoms with E-state index in [2.05, 4.69) is 18.9 Å². The number of hydrogen-bond acceptors (Lipinski definition) is 3. The van der Waals surface area contributed by atoms with Gasteiger partial charge in [0.25, 0.3) is 0 Å². The fourth-order valence-corrected chi connectivity index (χ4v) is 3.90. The molecule has 1 aromatic carbocycles. The number of carbonyl (C=O) groups excluding carboxylic acids is 1.